The van der Waals surface area contributed by atoms with Crippen LogP contribution in [0.4, 0.5) is 0 Å². The van der Waals surface area contributed by atoms with Gasteiger partial charge in [-0.15, -0.1) is 0 Å². The van der Waals surface area contributed by atoms with Crippen LogP contribution < -0.4 is 10.1 Å². The maximum atomic E-state index is 5.89. The van der Waals surface area contributed by atoms with E-state index in [2.05, 4.69) is 38.2 Å². The van der Waals surface area contributed by atoms with Gasteiger partial charge in [0.05, 0.1) is 6.54 Å². The van der Waals surface area contributed by atoms with Crippen LogP contribution in [0.2, 0.25) is 0 Å². The minimum Gasteiger partial charge on any atom is -0.485 e. The molecule has 0 saturated carbocycles. The minimum absolute atomic E-state index is 0.478. The van der Waals surface area contributed by atoms with Crippen LogP contribution in [0.1, 0.15) is 42.9 Å². The fraction of sp³-hybridized carbons (Fsp3) is 0.444. The molecule has 1 aromatic carbocycles. The summed E-state index contributed by atoms with van der Waals surface area (Å²) in [5, 5.41) is 3.36. The summed E-state index contributed by atoms with van der Waals surface area (Å²) in [7, 11) is 0. The van der Waals surface area contributed by atoms with Crippen molar-refractivity contribution >= 4 is 0 Å². The van der Waals surface area contributed by atoms with E-state index < -0.39 is 0 Å². The summed E-state index contributed by atoms with van der Waals surface area (Å²) in [6, 6.07) is 10.2. The van der Waals surface area contributed by atoms with E-state index in [1.165, 1.54) is 11.1 Å². The summed E-state index contributed by atoms with van der Waals surface area (Å²) in [5.41, 5.74) is 2.41. The second kappa shape index (κ2) is 7.89. The minimum atomic E-state index is 0.478. The van der Waals surface area contributed by atoms with Gasteiger partial charge in [0, 0.05) is 0 Å². The van der Waals surface area contributed by atoms with Crippen molar-refractivity contribution in [2.45, 2.75) is 46.8 Å². The zero-order valence-corrected chi connectivity index (χ0v) is 13.2. The second-order valence-corrected chi connectivity index (χ2v) is 5.25. The number of rotatable bonds is 8. The monoisotopic (exact) mass is 287 g/mol. The number of aryl methyl sites for hydroxylation is 2. The Hall–Kier alpha value is -1.74. The summed E-state index contributed by atoms with van der Waals surface area (Å²) in [4.78, 5) is 0. The maximum Gasteiger partial charge on any atom is 0.146 e. The van der Waals surface area contributed by atoms with Gasteiger partial charge >= 0.3 is 0 Å². The maximum absolute atomic E-state index is 5.89. The number of para-hydroxylation sites is 1. The molecule has 0 saturated heterocycles. The Balaban J connectivity index is 1.95. The van der Waals surface area contributed by atoms with E-state index in [9.17, 15) is 0 Å². The van der Waals surface area contributed by atoms with E-state index in [4.69, 9.17) is 9.15 Å². The second-order valence-electron chi connectivity index (χ2n) is 5.25. The van der Waals surface area contributed by atoms with Crippen molar-refractivity contribution in [2.75, 3.05) is 6.54 Å². The topological polar surface area (TPSA) is 34.4 Å². The Morgan fingerprint density at radius 3 is 2.76 bits per heavy atom. The highest BCUT2D eigenvalue weighted by atomic mass is 16.5. The van der Waals surface area contributed by atoms with Crippen LogP contribution in [0.5, 0.6) is 5.75 Å². The molecule has 2 aromatic rings. The Morgan fingerprint density at radius 1 is 1.19 bits per heavy atom. The number of nitrogens with one attached hydrogen (secondary N) is 1. The Bertz CT molecular complexity index is 560. The third-order valence-electron chi connectivity index (χ3n) is 3.51. The van der Waals surface area contributed by atoms with Crippen LogP contribution in [0.25, 0.3) is 0 Å². The molecule has 1 N–H and O–H groups in total. The van der Waals surface area contributed by atoms with E-state index in [1.807, 2.05) is 18.2 Å². The molecule has 21 heavy (non-hydrogen) atoms. The smallest absolute Gasteiger partial charge is 0.146 e. The van der Waals surface area contributed by atoms with Crippen LogP contribution in [-0.2, 0) is 19.6 Å². The predicted octanol–water partition coefficient (Wildman–Crippen LogP) is 4.23. The number of ether oxygens (including phenoxy) is 1. The number of benzene rings is 1. The molecular formula is C18H25NO2. The van der Waals surface area contributed by atoms with Crippen molar-refractivity contribution in [1.29, 1.82) is 0 Å². The Morgan fingerprint density at radius 2 is 2.00 bits per heavy atom. The van der Waals surface area contributed by atoms with Crippen molar-refractivity contribution in [3.63, 3.8) is 0 Å². The van der Waals surface area contributed by atoms with Gasteiger partial charge in [0.15, 0.2) is 0 Å². The standard InChI is InChI=1S/C18H25NO2/c1-4-10-19-12-18-14(3)11-16(21-18)13-20-17-9-7-6-8-15(17)5-2/h6-9,11,19H,4-5,10,12-13H2,1-3H3. The average Bonchev–Trinajstić information content (AvgIpc) is 2.86. The molecule has 114 valence electrons. The molecule has 0 amide bonds. The number of hydrogen-bond donors (Lipinski definition) is 1. The van der Waals surface area contributed by atoms with Gasteiger partial charge in [-0.1, -0.05) is 32.0 Å². The first-order valence-electron chi connectivity index (χ1n) is 7.74. The molecule has 0 aliphatic heterocycles. The van der Waals surface area contributed by atoms with Crippen molar-refractivity contribution in [3.8, 4) is 5.75 Å². The molecule has 0 aliphatic rings. The van der Waals surface area contributed by atoms with Gasteiger partial charge in [0.2, 0.25) is 0 Å². The largest absolute Gasteiger partial charge is 0.485 e. The average molecular weight is 287 g/mol. The molecule has 3 nitrogen and oxygen atoms in total. The first-order chi connectivity index (χ1) is 10.2. The lowest BCUT2D eigenvalue weighted by molar-refractivity contribution is 0.263. The quantitative estimate of drug-likeness (QED) is 0.738. The normalized spacial score (nSPS) is 10.8. The molecule has 0 unspecified atom stereocenters. The number of hydrogen-bond acceptors (Lipinski definition) is 3. The van der Waals surface area contributed by atoms with E-state index in [-0.39, 0.29) is 0 Å². The van der Waals surface area contributed by atoms with E-state index >= 15 is 0 Å². The molecule has 0 aliphatic carbocycles. The Labute approximate surface area is 127 Å². The number of furan rings is 1. The van der Waals surface area contributed by atoms with Crippen LogP contribution in [0.15, 0.2) is 34.7 Å². The van der Waals surface area contributed by atoms with E-state index in [0.29, 0.717) is 6.61 Å². The summed E-state index contributed by atoms with van der Waals surface area (Å²) < 4.78 is 11.8. The summed E-state index contributed by atoms with van der Waals surface area (Å²) in [5.74, 6) is 2.83. The highest BCUT2D eigenvalue weighted by Gasteiger charge is 2.09. The van der Waals surface area contributed by atoms with Gasteiger partial charge in [0.1, 0.15) is 23.9 Å². The van der Waals surface area contributed by atoms with Crippen LogP contribution in [0.3, 0.4) is 0 Å². The molecule has 1 heterocycles. The van der Waals surface area contributed by atoms with E-state index in [1.54, 1.807) is 0 Å². The third-order valence-corrected chi connectivity index (χ3v) is 3.51. The molecule has 0 fully saturated rings. The first kappa shape index (κ1) is 15.6. The molecule has 0 atom stereocenters. The van der Waals surface area contributed by atoms with Crippen LogP contribution in [0, 0.1) is 6.92 Å². The Kier molecular flexibility index (Phi) is 5.88. The first-order valence-corrected chi connectivity index (χ1v) is 7.74. The van der Waals surface area contributed by atoms with Gasteiger partial charge in [-0.2, -0.15) is 0 Å². The molecule has 0 bridgehead atoms. The summed E-state index contributed by atoms with van der Waals surface area (Å²) >= 11 is 0. The van der Waals surface area contributed by atoms with Gasteiger partial charge in [-0.05, 0) is 49.6 Å². The van der Waals surface area contributed by atoms with Gasteiger partial charge in [-0.3, -0.25) is 0 Å². The molecule has 0 spiro atoms. The van der Waals surface area contributed by atoms with Crippen LogP contribution in [-0.4, -0.2) is 6.54 Å². The lowest BCUT2D eigenvalue weighted by Gasteiger charge is -2.08. The summed E-state index contributed by atoms with van der Waals surface area (Å²) in [6.45, 7) is 8.64. The zero-order valence-electron chi connectivity index (χ0n) is 13.2. The molecular weight excluding hydrogens is 262 g/mol. The highest BCUT2D eigenvalue weighted by Crippen LogP contribution is 2.21. The fourth-order valence-electron chi connectivity index (χ4n) is 2.30. The third kappa shape index (κ3) is 4.36. The van der Waals surface area contributed by atoms with Crippen molar-refractivity contribution in [1.82, 2.24) is 5.32 Å². The lowest BCUT2D eigenvalue weighted by atomic mass is 10.1. The van der Waals surface area contributed by atoms with Crippen molar-refractivity contribution in [3.05, 3.63) is 53.0 Å². The molecule has 2 rings (SSSR count). The predicted molar refractivity (Wildman–Crippen MR) is 85.6 cm³/mol. The summed E-state index contributed by atoms with van der Waals surface area (Å²) in [6.07, 6.45) is 2.10. The molecule has 1 aromatic heterocycles. The molecule has 0 radical (unpaired) electrons. The van der Waals surface area contributed by atoms with Gasteiger partial charge < -0.3 is 14.5 Å². The van der Waals surface area contributed by atoms with Crippen molar-refractivity contribution < 1.29 is 9.15 Å². The molecule has 3 heteroatoms. The highest BCUT2D eigenvalue weighted by molar-refractivity contribution is 5.33. The van der Waals surface area contributed by atoms with Crippen LogP contribution >= 0.6 is 0 Å². The van der Waals surface area contributed by atoms with E-state index in [0.717, 1.165) is 43.2 Å². The van der Waals surface area contributed by atoms with Gasteiger partial charge in [0.25, 0.3) is 0 Å². The van der Waals surface area contributed by atoms with Gasteiger partial charge in [-0.25, -0.2) is 0 Å². The van der Waals surface area contributed by atoms with Crippen molar-refractivity contribution in [2.24, 2.45) is 0 Å². The SMILES string of the molecule is CCCNCc1oc(COc2ccccc2CC)cc1C. The lowest BCUT2D eigenvalue weighted by Crippen LogP contribution is -2.13. The zero-order chi connectivity index (χ0) is 15.1. The fourth-order valence-corrected chi connectivity index (χ4v) is 2.30.